The van der Waals surface area contributed by atoms with Crippen molar-refractivity contribution in [2.24, 2.45) is 0 Å². The molecule has 3 fully saturated rings. The van der Waals surface area contributed by atoms with Gasteiger partial charge in [0.25, 0.3) is 5.91 Å². The molecule has 4 heterocycles. The molecule has 1 aromatic carbocycles. The number of amides is 1. The van der Waals surface area contributed by atoms with Gasteiger partial charge in [0.2, 0.25) is 0 Å². The Bertz CT molecular complexity index is 1080. The normalized spacial score (nSPS) is 26.5. The molecule has 0 unspecified atom stereocenters. The highest BCUT2D eigenvalue weighted by molar-refractivity contribution is 5.94. The van der Waals surface area contributed by atoms with Crippen molar-refractivity contribution in [2.45, 2.75) is 95.6 Å². The maximum absolute atomic E-state index is 13.5. The number of hydrogen-bond acceptors (Lipinski definition) is 6. The molecule has 1 amide bonds. The second-order valence-corrected chi connectivity index (χ2v) is 11.5. The standard InChI is InChI=1S/C32H45N3O4/c1-22-7-9-25(10-8-22)29-6-4-5-27(39-29)12-11-24-13-17-33-31(23(24)2)32(36)35-18-14-26(15-19-35)34-28-16-20-38-21-30(28)37-3/h7-10,13,17,26-30,34H,4-6,11-12,14-16,18-21H2,1-3H3/t27-,28-,29+,30+/m1/s1. The molecule has 212 valence electrons. The first-order valence-corrected chi connectivity index (χ1v) is 14.8. The zero-order valence-electron chi connectivity index (χ0n) is 23.9. The number of nitrogens with zero attached hydrogens (tertiary/aromatic N) is 2. The summed E-state index contributed by atoms with van der Waals surface area (Å²) in [7, 11) is 1.75. The van der Waals surface area contributed by atoms with Crippen LogP contribution < -0.4 is 5.32 Å². The van der Waals surface area contributed by atoms with Gasteiger partial charge in [0.1, 0.15) is 5.69 Å². The molecule has 0 bridgehead atoms. The van der Waals surface area contributed by atoms with Crippen LogP contribution in [-0.2, 0) is 20.6 Å². The van der Waals surface area contributed by atoms with Gasteiger partial charge < -0.3 is 24.4 Å². The molecule has 7 heteroatoms. The van der Waals surface area contributed by atoms with E-state index >= 15 is 0 Å². The van der Waals surface area contributed by atoms with Crippen LogP contribution in [0.4, 0.5) is 0 Å². The summed E-state index contributed by atoms with van der Waals surface area (Å²) in [4.78, 5) is 20.0. The molecule has 3 aliphatic rings. The number of benzene rings is 1. The minimum atomic E-state index is 0.0574. The molecule has 0 radical (unpaired) electrons. The van der Waals surface area contributed by atoms with E-state index < -0.39 is 0 Å². The van der Waals surface area contributed by atoms with Gasteiger partial charge >= 0.3 is 0 Å². The van der Waals surface area contributed by atoms with Crippen LogP contribution in [0.1, 0.15) is 83.8 Å². The number of pyridine rings is 1. The van der Waals surface area contributed by atoms with Gasteiger partial charge in [0.15, 0.2) is 0 Å². The van der Waals surface area contributed by atoms with E-state index in [4.69, 9.17) is 14.2 Å². The van der Waals surface area contributed by atoms with Crippen LogP contribution in [0.25, 0.3) is 0 Å². The van der Waals surface area contributed by atoms with Gasteiger partial charge in [0, 0.05) is 45.1 Å². The van der Waals surface area contributed by atoms with Crippen molar-refractivity contribution >= 4 is 5.91 Å². The smallest absolute Gasteiger partial charge is 0.272 e. The quantitative estimate of drug-likeness (QED) is 0.516. The highest BCUT2D eigenvalue weighted by atomic mass is 16.5. The summed E-state index contributed by atoms with van der Waals surface area (Å²) in [6, 6.07) is 11.5. The van der Waals surface area contributed by atoms with E-state index in [-0.39, 0.29) is 24.2 Å². The topological polar surface area (TPSA) is 72.9 Å². The average Bonchev–Trinajstić information content (AvgIpc) is 2.97. The molecule has 5 rings (SSSR count). The Labute approximate surface area is 233 Å². The van der Waals surface area contributed by atoms with Crippen molar-refractivity contribution in [1.82, 2.24) is 15.2 Å². The lowest BCUT2D eigenvalue weighted by Gasteiger charge is -2.38. The van der Waals surface area contributed by atoms with Gasteiger partial charge in [-0.05, 0) is 88.0 Å². The largest absolute Gasteiger partial charge is 0.379 e. The predicted molar refractivity (Wildman–Crippen MR) is 152 cm³/mol. The highest BCUT2D eigenvalue weighted by Gasteiger charge is 2.31. The second-order valence-electron chi connectivity index (χ2n) is 11.5. The molecule has 7 nitrogen and oxygen atoms in total. The lowest BCUT2D eigenvalue weighted by atomic mass is 9.94. The SMILES string of the molecule is CO[C@H]1COCC[C@H]1NC1CCN(C(=O)c2nccc(CC[C@H]3CCC[C@@H](c4ccc(C)cc4)O3)c2C)CC1. The summed E-state index contributed by atoms with van der Waals surface area (Å²) in [5.74, 6) is 0.0574. The summed E-state index contributed by atoms with van der Waals surface area (Å²) in [6.45, 7) is 7.09. The zero-order valence-corrected chi connectivity index (χ0v) is 23.9. The van der Waals surface area contributed by atoms with Gasteiger partial charge in [-0.2, -0.15) is 0 Å². The Morgan fingerprint density at radius 2 is 1.87 bits per heavy atom. The fraction of sp³-hybridized carbons (Fsp3) is 0.625. The molecule has 3 aliphatic heterocycles. The maximum Gasteiger partial charge on any atom is 0.272 e. The molecule has 2 aromatic rings. The molecule has 3 saturated heterocycles. The Kier molecular flexibility index (Phi) is 9.66. The van der Waals surface area contributed by atoms with Gasteiger partial charge in [-0.1, -0.05) is 29.8 Å². The number of piperidine rings is 1. The van der Waals surface area contributed by atoms with Crippen LogP contribution in [0.3, 0.4) is 0 Å². The van der Waals surface area contributed by atoms with Crippen molar-refractivity contribution in [3.63, 3.8) is 0 Å². The minimum absolute atomic E-state index is 0.0574. The molecule has 4 atom stereocenters. The molecular formula is C32H45N3O4. The average molecular weight is 536 g/mol. The van der Waals surface area contributed by atoms with E-state index in [1.807, 2.05) is 4.90 Å². The first kappa shape index (κ1) is 28.2. The summed E-state index contributed by atoms with van der Waals surface area (Å²) < 4.78 is 17.7. The lowest BCUT2D eigenvalue weighted by Crippen LogP contribution is -2.54. The number of carbonyl (C=O) groups is 1. The van der Waals surface area contributed by atoms with Crippen molar-refractivity contribution < 1.29 is 19.0 Å². The lowest BCUT2D eigenvalue weighted by molar-refractivity contribution is -0.0546. The third kappa shape index (κ3) is 7.07. The third-order valence-corrected chi connectivity index (χ3v) is 8.89. The van der Waals surface area contributed by atoms with E-state index in [1.165, 1.54) is 23.1 Å². The number of aromatic nitrogens is 1. The summed E-state index contributed by atoms with van der Waals surface area (Å²) >= 11 is 0. The third-order valence-electron chi connectivity index (χ3n) is 8.89. The fourth-order valence-electron chi connectivity index (χ4n) is 6.35. The monoisotopic (exact) mass is 535 g/mol. The van der Waals surface area contributed by atoms with Crippen molar-refractivity contribution in [2.75, 3.05) is 33.4 Å². The number of methoxy groups -OCH3 is 1. The molecule has 1 N–H and O–H groups in total. The first-order chi connectivity index (χ1) is 19.0. The van der Waals surface area contributed by atoms with Crippen LogP contribution in [0.5, 0.6) is 0 Å². The van der Waals surface area contributed by atoms with E-state index in [2.05, 4.69) is 54.5 Å². The van der Waals surface area contributed by atoms with Gasteiger partial charge in [-0.3, -0.25) is 9.78 Å². The maximum atomic E-state index is 13.5. The Hall–Kier alpha value is -2.32. The summed E-state index contributed by atoms with van der Waals surface area (Å²) in [5.41, 5.74) is 5.38. The number of aryl methyl sites for hydroxylation is 2. The van der Waals surface area contributed by atoms with Crippen LogP contribution >= 0.6 is 0 Å². The second kappa shape index (κ2) is 13.4. The van der Waals surface area contributed by atoms with E-state index in [1.54, 1.807) is 13.3 Å². The van der Waals surface area contributed by atoms with Crippen LogP contribution in [-0.4, -0.2) is 73.5 Å². The number of likely N-dealkylation sites (tertiary alicyclic amines) is 1. The van der Waals surface area contributed by atoms with Crippen LogP contribution in [0.2, 0.25) is 0 Å². The van der Waals surface area contributed by atoms with Crippen molar-refractivity contribution in [3.05, 3.63) is 64.5 Å². The van der Waals surface area contributed by atoms with Gasteiger partial charge in [-0.15, -0.1) is 0 Å². The summed E-state index contributed by atoms with van der Waals surface area (Å²) in [5, 5.41) is 3.77. The predicted octanol–water partition coefficient (Wildman–Crippen LogP) is 4.94. The van der Waals surface area contributed by atoms with Crippen molar-refractivity contribution in [3.8, 4) is 0 Å². The first-order valence-electron chi connectivity index (χ1n) is 14.8. The van der Waals surface area contributed by atoms with E-state index in [0.29, 0.717) is 24.4 Å². The molecular weight excluding hydrogens is 490 g/mol. The zero-order chi connectivity index (χ0) is 27.2. The van der Waals surface area contributed by atoms with E-state index in [9.17, 15) is 4.79 Å². The number of carbonyl (C=O) groups excluding carboxylic acids is 1. The number of rotatable bonds is 8. The van der Waals surface area contributed by atoms with Crippen LogP contribution in [0, 0.1) is 13.8 Å². The Morgan fingerprint density at radius 3 is 2.64 bits per heavy atom. The fourth-order valence-corrected chi connectivity index (χ4v) is 6.35. The number of nitrogens with one attached hydrogen (secondary N) is 1. The molecule has 39 heavy (non-hydrogen) atoms. The van der Waals surface area contributed by atoms with E-state index in [0.717, 1.165) is 70.2 Å². The Balaban J connectivity index is 1.13. The van der Waals surface area contributed by atoms with Crippen molar-refractivity contribution in [1.29, 1.82) is 0 Å². The van der Waals surface area contributed by atoms with Crippen LogP contribution in [0.15, 0.2) is 36.5 Å². The molecule has 1 aromatic heterocycles. The summed E-state index contributed by atoms with van der Waals surface area (Å²) in [6.07, 6.45) is 10.4. The van der Waals surface area contributed by atoms with Gasteiger partial charge in [-0.25, -0.2) is 0 Å². The molecule has 0 saturated carbocycles. The molecule has 0 aliphatic carbocycles. The highest BCUT2D eigenvalue weighted by Crippen LogP contribution is 2.33. The Morgan fingerprint density at radius 1 is 1.08 bits per heavy atom. The number of ether oxygens (including phenoxy) is 3. The van der Waals surface area contributed by atoms with Gasteiger partial charge in [0.05, 0.1) is 24.9 Å². The minimum Gasteiger partial charge on any atom is -0.379 e. The molecule has 0 spiro atoms. The number of hydrogen-bond donors (Lipinski definition) is 1.